The van der Waals surface area contributed by atoms with Gasteiger partial charge in [-0.3, -0.25) is 4.90 Å². The van der Waals surface area contributed by atoms with E-state index in [9.17, 15) is 0 Å². The van der Waals surface area contributed by atoms with E-state index in [1.54, 1.807) is 0 Å². The lowest BCUT2D eigenvalue weighted by Crippen LogP contribution is -2.53. The minimum absolute atomic E-state index is 0.701. The van der Waals surface area contributed by atoms with Crippen LogP contribution in [-0.4, -0.2) is 49.8 Å². The molecule has 0 radical (unpaired) electrons. The molecule has 0 saturated carbocycles. The quantitative estimate of drug-likeness (QED) is 0.676. The summed E-state index contributed by atoms with van der Waals surface area (Å²) in [5.41, 5.74) is 0. The average Bonchev–Trinajstić information content (AvgIpc) is 2.47. The van der Waals surface area contributed by atoms with E-state index in [1.165, 1.54) is 25.8 Å². The minimum Gasteiger partial charge on any atom is -0.381 e. The molecule has 2 heterocycles. The highest BCUT2D eigenvalue weighted by Gasteiger charge is 2.26. The Morgan fingerprint density at radius 1 is 1.29 bits per heavy atom. The van der Waals surface area contributed by atoms with Gasteiger partial charge in [-0.05, 0) is 26.2 Å². The monoisotopic (exact) mass is 198 g/mol. The summed E-state index contributed by atoms with van der Waals surface area (Å²) in [6, 6.07) is 1.47. The number of nitrogens with zero attached hydrogens (tertiary/aromatic N) is 1. The van der Waals surface area contributed by atoms with Crippen LogP contribution in [0.1, 0.15) is 26.2 Å². The second kappa shape index (κ2) is 5.10. The molecule has 3 heteroatoms. The van der Waals surface area contributed by atoms with Gasteiger partial charge in [0.2, 0.25) is 0 Å². The van der Waals surface area contributed by atoms with Gasteiger partial charge in [0.25, 0.3) is 0 Å². The van der Waals surface area contributed by atoms with E-state index in [4.69, 9.17) is 4.74 Å². The van der Waals surface area contributed by atoms with Crippen LogP contribution in [0.15, 0.2) is 0 Å². The predicted octanol–water partition coefficient (Wildman–Crippen LogP) is 0.849. The van der Waals surface area contributed by atoms with Gasteiger partial charge < -0.3 is 10.1 Å². The second-order valence-corrected chi connectivity index (χ2v) is 4.49. The molecule has 2 aliphatic rings. The average molecular weight is 198 g/mol. The van der Waals surface area contributed by atoms with Crippen molar-refractivity contribution in [3.8, 4) is 0 Å². The third-order valence-electron chi connectivity index (χ3n) is 3.44. The first-order chi connectivity index (χ1) is 6.88. The van der Waals surface area contributed by atoms with Crippen molar-refractivity contribution in [2.24, 2.45) is 0 Å². The van der Waals surface area contributed by atoms with E-state index >= 15 is 0 Å². The molecule has 2 saturated heterocycles. The fraction of sp³-hybridized carbons (Fsp3) is 1.00. The van der Waals surface area contributed by atoms with Gasteiger partial charge in [-0.25, -0.2) is 0 Å². The van der Waals surface area contributed by atoms with Crippen LogP contribution in [0.25, 0.3) is 0 Å². The SMILES string of the molecule is C[C@H]1CNCCN1C1CCCOCC1. The van der Waals surface area contributed by atoms with Crippen molar-refractivity contribution < 1.29 is 4.74 Å². The molecule has 1 unspecified atom stereocenters. The van der Waals surface area contributed by atoms with E-state index in [0.29, 0.717) is 6.04 Å². The fourth-order valence-corrected chi connectivity index (χ4v) is 2.62. The molecule has 0 aromatic heterocycles. The molecule has 82 valence electrons. The van der Waals surface area contributed by atoms with Gasteiger partial charge in [0.1, 0.15) is 0 Å². The maximum absolute atomic E-state index is 5.51. The Balaban J connectivity index is 1.90. The smallest absolute Gasteiger partial charge is 0.0480 e. The van der Waals surface area contributed by atoms with E-state index in [0.717, 1.165) is 32.3 Å². The Hall–Kier alpha value is -0.120. The van der Waals surface area contributed by atoms with Crippen LogP contribution >= 0.6 is 0 Å². The molecular weight excluding hydrogens is 176 g/mol. The van der Waals surface area contributed by atoms with Crippen molar-refractivity contribution in [1.82, 2.24) is 10.2 Å². The third-order valence-corrected chi connectivity index (χ3v) is 3.44. The predicted molar refractivity (Wildman–Crippen MR) is 57.5 cm³/mol. The zero-order chi connectivity index (χ0) is 9.80. The Morgan fingerprint density at radius 3 is 3.07 bits per heavy atom. The van der Waals surface area contributed by atoms with Crippen LogP contribution < -0.4 is 5.32 Å². The van der Waals surface area contributed by atoms with Crippen LogP contribution in [0.5, 0.6) is 0 Å². The van der Waals surface area contributed by atoms with Crippen molar-refractivity contribution in [3.05, 3.63) is 0 Å². The lowest BCUT2D eigenvalue weighted by Gasteiger charge is -2.39. The van der Waals surface area contributed by atoms with Gasteiger partial charge in [-0.1, -0.05) is 0 Å². The van der Waals surface area contributed by atoms with Crippen LogP contribution in [0.4, 0.5) is 0 Å². The van der Waals surface area contributed by atoms with Crippen molar-refractivity contribution >= 4 is 0 Å². The van der Waals surface area contributed by atoms with E-state index in [1.807, 2.05) is 0 Å². The summed E-state index contributed by atoms with van der Waals surface area (Å²) in [5.74, 6) is 0. The van der Waals surface area contributed by atoms with Crippen molar-refractivity contribution in [2.45, 2.75) is 38.3 Å². The summed E-state index contributed by atoms with van der Waals surface area (Å²) in [7, 11) is 0. The van der Waals surface area contributed by atoms with Crippen LogP contribution in [-0.2, 0) is 4.74 Å². The summed E-state index contributed by atoms with van der Waals surface area (Å²) in [6.45, 7) is 7.78. The number of nitrogens with one attached hydrogen (secondary N) is 1. The first kappa shape index (κ1) is 10.4. The first-order valence-corrected chi connectivity index (χ1v) is 5.92. The van der Waals surface area contributed by atoms with Gasteiger partial charge in [0.05, 0.1) is 0 Å². The first-order valence-electron chi connectivity index (χ1n) is 5.92. The molecule has 2 aliphatic heterocycles. The second-order valence-electron chi connectivity index (χ2n) is 4.49. The van der Waals surface area contributed by atoms with Crippen molar-refractivity contribution in [3.63, 3.8) is 0 Å². The van der Waals surface area contributed by atoms with Crippen LogP contribution in [0.2, 0.25) is 0 Å². The van der Waals surface area contributed by atoms with Crippen molar-refractivity contribution in [2.75, 3.05) is 32.8 Å². The summed E-state index contributed by atoms with van der Waals surface area (Å²) in [5, 5.41) is 3.45. The summed E-state index contributed by atoms with van der Waals surface area (Å²) in [6.07, 6.45) is 3.79. The van der Waals surface area contributed by atoms with Gasteiger partial charge >= 0.3 is 0 Å². The molecule has 0 aromatic carbocycles. The Bertz CT molecular complexity index is 167. The molecule has 2 fully saturated rings. The molecule has 0 aliphatic carbocycles. The molecule has 3 nitrogen and oxygen atoms in total. The normalized spacial score (nSPS) is 36.6. The highest BCUT2D eigenvalue weighted by Crippen LogP contribution is 2.18. The van der Waals surface area contributed by atoms with Gasteiger partial charge in [-0.15, -0.1) is 0 Å². The lowest BCUT2D eigenvalue weighted by molar-refractivity contribution is 0.0941. The zero-order valence-electron chi connectivity index (χ0n) is 9.17. The number of hydrogen-bond acceptors (Lipinski definition) is 3. The lowest BCUT2D eigenvalue weighted by atomic mass is 10.0. The third kappa shape index (κ3) is 2.47. The van der Waals surface area contributed by atoms with E-state index < -0.39 is 0 Å². The zero-order valence-corrected chi connectivity index (χ0v) is 9.17. The topological polar surface area (TPSA) is 24.5 Å². The summed E-state index contributed by atoms with van der Waals surface area (Å²) < 4.78 is 5.51. The Kier molecular flexibility index (Phi) is 3.79. The maximum Gasteiger partial charge on any atom is 0.0480 e. The molecule has 0 bridgehead atoms. The van der Waals surface area contributed by atoms with Crippen LogP contribution in [0, 0.1) is 0 Å². The Labute approximate surface area is 86.8 Å². The number of rotatable bonds is 1. The Morgan fingerprint density at radius 2 is 2.21 bits per heavy atom. The summed E-state index contributed by atoms with van der Waals surface area (Å²) >= 11 is 0. The maximum atomic E-state index is 5.51. The molecule has 0 aromatic rings. The molecule has 2 rings (SSSR count). The fourth-order valence-electron chi connectivity index (χ4n) is 2.62. The molecule has 0 spiro atoms. The molecule has 1 N–H and O–H groups in total. The molecular formula is C11H22N2O. The molecule has 2 atom stereocenters. The minimum atomic E-state index is 0.701. The number of piperazine rings is 1. The van der Waals surface area contributed by atoms with Gasteiger partial charge in [-0.2, -0.15) is 0 Å². The van der Waals surface area contributed by atoms with Crippen molar-refractivity contribution in [1.29, 1.82) is 0 Å². The largest absolute Gasteiger partial charge is 0.381 e. The van der Waals surface area contributed by atoms with Gasteiger partial charge in [0, 0.05) is 44.9 Å². The number of hydrogen-bond donors (Lipinski definition) is 1. The standard InChI is InChI=1S/C11H22N2O/c1-10-9-12-5-6-13(10)11-3-2-7-14-8-4-11/h10-12H,2-9H2,1H3/t10-,11?/m0/s1. The number of ether oxygens (including phenoxy) is 1. The highest BCUT2D eigenvalue weighted by molar-refractivity contribution is 4.83. The molecule has 14 heavy (non-hydrogen) atoms. The van der Waals surface area contributed by atoms with E-state index in [2.05, 4.69) is 17.1 Å². The summed E-state index contributed by atoms with van der Waals surface area (Å²) in [4.78, 5) is 2.67. The van der Waals surface area contributed by atoms with E-state index in [-0.39, 0.29) is 0 Å². The molecule has 0 amide bonds. The van der Waals surface area contributed by atoms with Crippen LogP contribution in [0.3, 0.4) is 0 Å². The highest BCUT2D eigenvalue weighted by atomic mass is 16.5. The van der Waals surface area contributed by atoms with Gasteiger partial charge in [0.15, 0.2) is 0 Å².